The van der Waals surface area contributed by atoms with Gasteiger partial charge in [-0.3, -0.25) is 14.6 Å². The third-order valence-corrected chi connectivity index (χ3v) is 7.63. The lowest BCUT2D eigenvalue weighted by molar-refractivity contribution is -0.126. The Morgan fingerprint density at radius 2 is 1.61 bits per heavy atom. The molecule has 0 bridgehead atoms. The van der Waals surface area contributed by atoms with Crippen molar-refractivity contribution in [3.63, 3.8) is 0 Å². The van der Waals surface area contributed by atoms with Gasteiger partial charge >= 0.3 is 0 Å². The Bertz CT molecular complexity index is 930. The van der Waals surface area contributed by atoms with Gasteiger partial charge in [0.05, 0.1) is 5.92 Å². The largest absolute Gasteiger partial charge is 0.352 e. The maximum Gasteiger partial charge on any atom is 0.224 e. The topological polar surface area (TPSA) is 35.6 Å². The minimum Gasteiger partial charge on any atom is -0.352 e. The van der Waals surface area contributed by atoms with E-state index in [0.717, 1.165) is 44.0 Å². The highest BCUT2D eigenvalue weighted by Gasteiger charge is 2.26. The molecule has 4 rings (SSSR count). The van der Waals surface area contributed by atoms with Gasteiger partial charge in [0, 0.05) is 48.3 Å². The van der Waals surface area contributed by atoms with Crippen molar-refractivity contribution in [2.24, 2.45) is 11.8 Å². The zero-order valence-electron chi connectivity index (χ0n) is 19.5. The van der Waals surface area contributed by atoms with E-state index in [1.54, 1.807) is 0 Å². The van der Waals surface area contributed by atoms with Gasteiger partial charge in [-0.1, -0.05) is 60.5 Å². The molecular weight excluding hydrogens is 453 g/mol. The number of piperidine rings is 2. The van der Waals surface area contributed by atoms with Crippen molar-refractivity contribution in [2.45, 2.75) is 52.2 Å². The van der Waals surface area contributed by atoms with Gasteiger partial charge in [0.2, 0.25) is 5.91 Å². The SMILES string of the molecule is CC1CCCN(Cc2cccc(CNC(=O)C3CCCN(Cc4c(Cl)cccc4Cl)C3)c2)C1. The van der Waals surface area contributed by atoms with E-state index in [2.05, 4.69) is 46.3 Å². The average molecular weight is 489 g/mol. The second kappa shape index (κ2) is 11.7. The first-order chi connectivity index (χ1) is 16.0. The highest BCUT2D eigenvalue weighted by molar-refractivity contribution is 6.35. The molecule has 0 aliphatic carbocycles. The molecule has 1 N–H and O–H groups in total. The lowest BCUT2D eigenvalue weighted by atomic mass is 9.96. The number of nitrogens with one attached hydrogen (secondary N) is 1. The lowest BCUT2D eigenvalue weighted by Crippen LogP contribution is -2.42. The van der Waals surface area contributed by atoms with E-state index in [-0.39, 0.29) is 11.8 Å². The second-order valence-electron chi connectivity index (χ2n) is 9.79. The average Bonchev–Trinajstić information content (AvgIpc) is 2.80. The summed E-state index contributed by atoms with van der Waals surface area (Å²) in [6, 6.07) is 14.3. The molecule has 2 saturated heterocycles. The first-order valence-electron chi connectivity index (χ1n) is 12.2. The summed E-state index contributed by atoms with van der Waals surface area (Å²) >= 11 is 12.7. The van der Waals surface area contributed by atoms with Crippen molar-refractivity contribution in [3.8, 4) is 0 Å². The molecule has 33 heavy (non-hydrogen) atoms. The van der Waals surface area contributed by atoms with Gasteiger partial charge in [-0.2, -0.15) is 0 Å². The number of halogens is 2. The van der Waals surface area contributed by atoms with Crippen molar-refractivity contribution in [3.05, 3.63) is 69.2 Å². The predicted molar refractivity (Wildman–Crippen MR) is 136 cm³/mol. The van der Waals surface area contributed by atoms with Crippen molar-refractivity contribution in [1.29, 1.82) is 0 Å². The van der Waals surface area contributed by atoms with Gasteiger partial charge in [0.1, 0.15) is 0 Å². The number of likely N-dealkylation sites (tertiary alicyclic amines) is 2. The van der Waals surface area contributed by atoms with Crippen LogP contribution in [0.15, 0.2) is 42.5 Å². The summed E-state index contributed by atoms with van der Waals surface area (Å²) in [5.74, 6) is 0.920. The van der Waals surface area contributed by atoms with E-state index in [1.807, 2.05) is 18.2 Å². The van der Waals surface area contributed by atoms with Gasteiger partial charge in [0.15, 0.2) is 0 Å². The fraction of sp³-hybridized carbons (Fsp3) is 0.519. The third kappa shape index (κ3) is 6.95. The Kier molecular flexibility index (Phi) is 8.70. The van der Waals surface area contributed by atoms with E-state index >= 15 is 0 Å². The molecule has 178 valence electrons. The summed E-state index contributed by atoms with van der Waals surface area (Å²) in [7, 11) is 0. The molecule has 2 heterocycles. The van der Waals surface area contributed by atoms with E-state index in [4.69, 9.17) is 23.2 Å². The van der Waals surface area contributed by atoms with Gasteiger partial charge < -0.3 is 5.32 Å². The van der Waals surface area contributed by atoms with Crippen LogP contribution >= 0.6 is 23.2 Å². The number of amides is 1. The number of nitrogens with zero attached hydrogens (tertiary/aromatic N) is 2. The van der Waals surface area contributed by atoms with Gasteiger partial charge in [-0.05, 0) is 68.0 Å². The van der Waals surface area contributed by atoms with Crippen molar-refractivity contribution in [2.75, 3.05) is 26.2 Å². The molecule has 2 fully saturated rings. The van der Waals surface area contributed by atoms with E-state index in [0.29, 0.717) is 23.1 Å². The Morgan fingerprint density at radius 1 is 0.939 bits per heavy atom. The molecule has 0 spiro atoms. The maximum atomic E-state index is 12.9. The zero-order chi connectivity index (χ0) is 23.2. The molecule has 0 saturated carbocycles. The first-order valence-corrected chi connectivity index (χ1v) is 13.0. The number of hydrogen-bond acceptors (Lipinski definition) is 3. The number of benzene rings is 2. The summed E-state index contributed by atoms with van der Waals surface area (Å²) in [5.41, 5.74) is 3.44. The summed E-state index contributed by atoms with van der Waals surface area (Å²) < 4.78 is 0. The molecule has 4 nitrogen and oxygen atoms in total. The molecule has 2 unspecified atom stereocenters. The van der Waals surface area contributed by atoms with Crippen LogP contribution in [0.25, 0.3) is 0 Å². The van der Waals surface area contributed by atoms with E-state index < -0.39 is 0 Å². The van der Waals surface area contributed by atoms with Crippen molar-refractivity contribution >= 4 is 29.1 Å². The molecule has 1 amide bonds. The highest BCUT2D eigenvalue weighted by Crippen LogP contribution is 2.28. The fourth-order valence-corrected chi connectivity index (χ4v) is 5.70. The molecule has 2 aromatic rings. The van der Waals surface area contributed by atoms with Gasteiger partial charge in [0.25, 0.3) is 0 Å². The van der Waals surface area contributed by atoms with Crippen LogP contribution in [-0.2, 0) is 24.4 Å². The Labute approximate surface area is 208 Å². The molecule has 0 radical (unpaired) electrons. The van der Waals surface area contributed by atoms with Crippen LogP contribution in [0.4, 0.5) is 0 Å². The van der Waals surface area contributed by atoms with Crippen LogP contribution in [0.5, 0.6) is 0 Å². The Balaban J connectivity index is 1.28. The molecule has 2 atom stereocenters. The second-order valence-corrected chi connectivity index (χ2v) is 10.6. The molecular formula is C27H35Cl2N3O. The Hall–Kier alpha value is -1.59. The summed E-state index contributed by atoms with van der Waals surface area (Å²) in [4.78, 5) is 17.8. The van der Waals surface area contributed by atoms with Crippen LogP contribution in [-0.4, -0.2) is 41.9 Å². The van der Waals surface area contributed by atoms with Gasteiger partial charge in [-0.15, -0.1) is 0 Å². The van der Waals surface area contributed by atoms with E-state index in [1.165, 1.54) is 37.1 Å². The lowest BCUT2D eigenvalue weighted by Gasteiger charge is -2.32. The highest BCUT2D eigenvalue weighted by atomic mass is 35.5. The van der Waals surface area contributed by atoms with Crippen LogP contribution < -0.4 is 5.32 Å². The van der Waals surface area contributed by atoms with E-state index in [9.17, 15) is 4.79 Å². The zero-order valence-corrected chi connectivity index (χ0v) is 21.0. The molecule has 0 aromatic heterocycles. The number of hydrogen-bond donors (Lipinski definition) is 1. The smallest absolute Gasteiger partial charge is 0.224 e. The van der Waals surface area contributed by atoms with Crippen molar-refractivity contribution < 1.29 is 4.79 Å². The third-order valence-electron chi connectivity index (χ3n) is 6.93. The first kappa shape index (κ1) is 24.5. The van der Waals surface area contributed by atoms with Gasteiger partial charge in [-0.25, -0.2) is 0 Å². The Morgan fingerprint density at radius 3 is 2.36 bits per heavy atom. The fourth-order valence-electron chi connectivity index (χ4n) is 5.18. The number of carbonyl (C=O) groups is 1. The number of rotatable bonds is 7. The van der Waals surface area contributed by atoms with Crippen LogP contribution in [0.3, 0.4) is 0 Å². The number of carbonyl (C=O) groups excluding carboxylic acids is 1. The quantitative estimate of drug-likeness (QED) is 0.539. The molecule has 2 aliphatic heterocycles. The summed E-state index contributed by atoms with van der Waals surface area (Å²) in [6.45, 7) is 8.65. The summed E-state index contributed by atoms with van der Waals surface area (Å²) in [5, 5.41) is 4.56. The maximum absolute atomic E-state index is 12.9. The summed E-state index contributed by atoms with van der Waals surface area (Å²) in [6.07, 6.45) is 4.56. The molecule has 2 aliphatic rings. The molecule has 2 aromatic carbocycles. The minimum absolute atomic E-state index is 0.00182. The predicted octanol–water partition coefficient (Wildman–Crippen LogP) is 5.75. The normalized spacial score (nSPS) is 22.3. The monoisotopic (exact) mass is 487 g/mol. The van der Waals surface area contributed by atoms with Crippen molar-refractivity contribution in [1.82, 2.24) is 15.1 Å². The minimum atomic E-state index is -0.00182. The standard InChI is InChI=1S/C27H35Cl2N3O/c1-20-6-4-12-31(16-20)17-22-8-2-7-21(14-22)15-30-27(33)23-9-5-13-32(18-23)19-24-25(28)10-3-11-26(24)29/h2-3,7-8,10-11,14,20,23H,4-6,9,12-13,15-19H2,1H3,(H,30,33). The van der Waals surface area contributed by atoms with Crippen LogP contribution in [0, 0.1) is 11.8 Å². The van der Waals surface area contributed by atoms with Crippen LogP contribution in [0.2, 0.25) is 10.0 Å². The van der Waals surface area contributed by atoms with Crippen LogP contribution in [0.1, 0.15) is 49.3 Å². The molecule has 6 heteroatoms.